The zero-order valence-electron chi connectivity index (χ0n) is 11.6. The molecule has 1 aromatic rings. The van der Waals surface area contributed by atoms with Crippen LogP contribution in [0.2, 0.25) is 0 Å². The lowest BCUT2D eigenvalue weighted by Gasteiger charge is -2.27. The topological polar surface area (TPSA) is 32.3 Å². The third-order valence-electron chi connectivity index (χ3n) is 3.84. The van der Waals surface area contributed by atoms with Crippen LogP contribution in [-0.4, -0.2) is 37.0 Å². The average molecular weight is 325 g/mol. The van der Waals surface area contributed by atoms with Crippen molar-refractivity contribution in [2.24, 2.45) is 0 Å². The predicted molar refractivity (Wildman–Crippen MR) is 81.5 cm³/mol. The van der Waals surface area contributed by atoms with E-state index in [0.29, 0.717) is 6.04 Å². The van der Waals surface area contributed by atoms with Crippen molar-refractivity contribution in [3.63, 3.8) is 0 Å². The number of nitrogens with one attached hydrogen (secondary N) is 1. The molecule has 3 nitrogen and oxygen atoms in total. The van der Waals surface area contributed by atoms with E-state index < -0.39 is 0 Å². The quantitative estimate of drug-likeness (QED) is 0.907. The zero-order chi connectivity index (χ0) is 13.8. The van der Waals surface area contributed by atoms with Crippen molar-refractivity contribution in [1.82, 2.24) is 10.2 Å². The average Bonchev–Trinajstić information content (AvgIpc) is 2.69. The summed E-state index contributed by atoms with van der Waals surface area (Å²) >= 11 is 3.53. The summed E-state index contributed by atoms with van der Waals surface area (Å²) in [6, 6.07) is 6.19. The third-order valence-corrected chi connectivity index (χ3v) is 4.89. The van der Waals surface area contributed by atoms with Crippen molar-refractivity contribution in [3.8, 4) is 0 Å². The highest BCUT2D eigenvalue weighted by Gasteiger charge is 2.23. The van der Waals surface area contributed by atoms with Crippen molar-refractivity contribution >= 4 is 21.8 Å². The zero-order valence-corrected chi connectivity index (χ0v) is 13.2. The number of hydrogen-bond acceptors (Lipinski definition) is 2. The molecule has 1 aliphatic rings. The molecule has 0 radical (unpaired) electrons. The lowest BCUT2D eigenvalue weighted by Crippen LogP contribution is -2.37. The summed E-state index contributed by atoms with van der Waals surface area (Å²) in [5, 5.41) is 3.38. The van der Waals surface area contributed by atoms with E-state index in [0.717, 1.165) is 48.0 Å². The van der Waals surface area contributed by atoms with Crippen molar-refractivity contribution in [1.29, 1.82) is 0 Å². The highest BCUT2D eigenvalue weighted by atomic mass is 79.9. The van der Waals surface area contributed by atoms with Crippen LogP contribution in [0.5, 0.6) is 0 Å². The Labute approximate surface area is 123 Å². The number of rotatable bonds is 2. The van der Waals surface area contributed by atoms with Crippen LogP contribution in [0, 0.1) is 6.92 Å². The van der Waals surface area contributed by atoms with Crippen molar-refractivity contribution in [2.45, 2.75) is 32.2 Å². The Morgan fingerprint density at radius 2 is 2.16 bits per heavy atom. The van der Waals surface area contributed by atoms with Crippen LogP contribution >= 0.6 is 15.9 Å². The molecule has 1 unspecified atom stereocenters. The molecule has 1 fully saturated rings. The molecule has 0 saturated carbocycles. The van der Waals surface area contributed by atoms with Gasteiger partial charge in [0.25, 0.3) is 5.91 Å². The van der Waals surface area contributed by atoms with Crippen molar-refractivity contribution in [3.05, 3.63) is 33.8 Å². The first-order valence-corrected chi connectivity index (χ1v) is 7.63. The summed E-state index contributed by atoms with van der Waals surface area (Å²) in [6.07, 6.45) is 3.25. The molecular weight excluding hydrogens is 304 g/mol. The molecule has 0 spiro atoms. The highest BCUT2D eigenvalue weighted by molar-refractivity contribution is 9.10. The van der Waals surface area contributed by atoms with Gasteiger partial charge in [-0.1, -0.05) is 12.1 Å². The van der Waals surface area contributed by atoms with Crippen LogP contribution in [0.3, 0.4) is 0 Å². The number of hydrogen-bond donors (Lipinski definition) is 1. The minimum Gasteiger partial charge on any atom is -0.339 e. The first kappa shape index (κ1) is 14.5. The standard InChI is InChI=1S/C15H21BrN2O/c1-11-5-3-7-13(14(11)16)15(19)18(2)12-6-4-9-17-10-8-12/h3,5,7,12,17H,4,6,8-10H2,1-2H3. The van der Waals surface area contributed by atoms with Crippen molar-refractivity contribution < 1.29 is 4.79 Å². The van der Waals surface area contributed by atoms with E-state index in [1.165, 1.54) is 0 Å². The normalized spacial score (nSPS) is 19.8. The third kappa shape index (κ3) is 3.37. The second-order valence-electron chi connectivity index (χ2n) is 5.19. The smallest absolute Gasteiger partial charge is 0.254 e. The summed E-state index contributed by atoms with van der Waals surface area (Å²) in [7, 11) is 1.92. The van der Waals surface area contributed by atoms with Crippen LogP contribution in [0.4, 0.5) is 0 Å². The molecule has 0 aliphatic carbocycles. The van der Waals surface area contributed by atoms with Crippen molar-refractivity contribution in [2.75, 3.05) is 20.1 Å². The molecule has 1 N–H and O–H groups in total. The SMILES string of the molecule is Cc1cccc(C(=O)N(C)C2CCCNCC2)c1Br. The van der Waals surface area contributed by atoms with Crippen LogP contribution in [0.1, 0.15) is 35.2 Å². The number of nitrogens with zero attached hydrogens (tertiary/aromatic N) is 1. The Bertz CT molecular complexity index is 453. The fourth-order valence-corrected chi connectivity index (χ4v) is 2.99. The first-order chi connectivity index (χ1) is 9.11. The molecule has 1 amide bonds. The molecule has 1 aliphatic heterocycles. The van der Waals surface area contributed by atoms with Gasteiger partial charge in [-0.25, -0.2) is 0 Å². The van der Waals surface area contributed by atoms with Gasteiger partial charge in [0.1, 0.15) is 0 Å². The molecule has 104 valence electrons. The molecule has 19 heavy (non-hydrogen) atoms. The van der Waals surface area contributed by atoms with Gasteiger partial charge in [-0.3, -0.25) is 4.79 Å². The lowest BCUT2D eigenvalue weighted by atomic mass is 10.1. The summed E-state index contributed by atoms with van der Waals surface area (Å²) in [5.41, 5.74) is 1.86. The van der Waals surface area contributed by atoms with Gasteiger partial charge < -0.3 is 10.2 Å². The van der Waals surface area contributed by atoms with Gasteiger partial charge in [0, 0.05) is 17.6 Å². The van der Waals surface area contributed by atoms with E-state index in [-0.39, 0.29) is 5.91 Å². The van der Waals surface area contributed by atoms with Gasteiger partial charge in [-0.05, 0) is 66.8 Å². The van der Waals surface area contributed by atoms with E-state index in [1.54, 1.807) is 0 Å². The Hall–Kier alpha value is -0.870. The largest absolute Gasteiger partial charge is 0.339 e. The maximum atomic E-state index is 12.6. The molecule has 0 bridgehead atoms. The van der Waals surface area contributed by atoms with Gasteiger partial charge in [0.15, 0.2) is 0 Å². The highest BCUT2D eigenvalue weighted by Crippen LogP contribution is 2.24. The molecule has 1 atom stereocenters. The summed E-state index contributed by atoms with van der Waals surface area (Å²) < 4.78 is 0.915. The lowest BCUT2D eigenvalue weighted by molar-refractivity contribution is 0.0719. The number of amides is 1. The molecule has 0 aromatic heterocycles. The Morgan fingerprint density at radius 3 is 2.95 bits per heavy atom. The van der Waals surface area contributed by atoms with Crippen LogP contribution < -0.4 is 5.32 Å². The Kier molecular flexibility index (Phi) is 4.99. The van der Waals surface area contributed by atoms with E-state index in [2.05, 4.69) is 21.2 Å². The molecule has 1 heterocycles. The van der Waals surface area contributed by atoms with Gasteiger partial charge in [-0.15, -0.1) is 0 Å². The Morgan fingerprint density at radius 1 is 1.37 bits per heavy atom. The second-order valence-corrected chi connectivity index (χ2v) is 5.98. The minimum absolute atomic E-state index is 0.113. The maximum Gasteiger partial charge on any atom is 0.254 e. The van der Waals surface area contributed by atoms with Gasteiger partial charge in [0.2, 0.25) is 0 Å². The van der Waals surface area contributed by atoms with Crippen LogP contribution in [-0.2, 0) is 0 Å². The monoisotopic (exact) mass is 324 g/mol. The molecular formula is C15H21BrN2O. The summed E-state index contributed by atoms with van der Waals surface area (Å²) in [6.45, 7) is 4.07. The van der Waals surface area contributed by atoms with Gasteiger partial charge in [0.05, 0.1) is 5.56 Å². The second kappa shape index (κ2) is 6.53. The number of carbonyl (C=O) groups is 1. The Balaban J connectivity index is 2.15. The fraction of sp³-hybridized carbons (Fsp3) is 0.533. The van der Waals surface area contributed by atoms with Crippen LogP contribution in [0.15, 0.2) is 22.7 Å². The molecule has 4 heteroatoms. The van der Waals surface area contributed by atoms with E-state index in [1.807, 2.05) is 37.1 Å². The summed E-state index contributed by atoms with van der Waals surface area (Å²) in [5.74, 6) is 0.113. The number of aryl methyl sites for hydroxylation is 1. The van der Waals surface area contributed by atoms with Crippen LogP contribution in [0.25, 0.3) is 0 Å². The predicted octanol–water partition coefficient (Wildman–Crippen LogP) is 2.97. The molecule has 2 rings (SSSR count). The first-order valence-electron chi connectivity index (χ1n) is 6.84. The summed E-state index contributed by atoms with van der Waals surface area (Å²) in [4.78, 5) is 14.5. The van der Waals surface area contributed by atoms with E-state index >= 15 is 0 Å². The van der Waals surface area contributed by atoms with E-state index in [9.17, 15) is 4.79 Å². The molecule has 1 saturated heterocycles. The number of carbonyl (C=O) groups excluding carboxylic acids is 1. The van der Waals surface area contributed by atoms with E-state index in [4.69, 9.17) is 0 Å². The van der Waals surface area contributed by atoms with Gasteiger partial charge >= 0.3 is 0 Å². The maximum absolute atomic E-state index is 12.6. The fourth-order valence-electron chi connectivity index (χ4n) is 2.56. The number of benzene rings is 1. The molecule has 1 aromatic carbocycles. The van der Waals surface area contributed by atoms with Gasteiger partial charge in [-0.2, -0.15) is 0 Å². The minimum atomic E-state index is 0.113. The number of halogens is 1.